The van der Waals surface area contributed by atoms with Gasteiger partial charge < -0.3 is 25.4 Å². The molecule has 6 nitrogen and oxygen atoms in total. The predicted octanol–water partition coefficient (Wildman–Crippen LogP) is 0.764. The van der Waals surface area contributed by atoms with Gasteiger partial charge in [0.1, 0.15) is 17.7 Å². The minimum atomic E-state index is -1.59. The van der Waals surface area contributed by atoms with Crippen molar-refractivity contribution in [3.05, 3.63) is 23.5 Å². The second-order valence-corrected chi connectivity index (χ2v) is 4.14. The molecule has 1 rings (SSSR count). The molecule has 0 amide bonds. The molecule has 2 atom stereocenters. The zero-order valence-corrected chi connectivity index (χ0v) is 11.3. The molecular weight excluding hydrogens is 269 g/mol. The Morgan fingerprint density at radius 1 is 1.45 bits per heavy atom. The Morgan fingerprint density at radius 2 is 2.10 bits per heavy atom. The highest BCUT2D eigenvalue weighted by molar-refractivity contribution is 5.70. The Morgan fingerprint density at radius 3 is 2.65 bits per heavy atom. The second-order valence-electron chi connectivity index (χ2n) is 4.14. The molecule has 1 aromatic rings. The maximum absolute atomic E-state index is 13.7. The molecule has 0 saturated heterocycles. The second kappa shape index (κ2) is 7.06. The molecule has 0 spiro atoms. The zero-order chi connectivity index (χ0) is 15.3. The van der Waals surface area contributed by atoms with E-state index in [1.807, 2.05) is 0 Å². The molecule has 0 fully saturated rings. The molecule has 0 aliphatic heterocycles. The lowest BCUT2D eigenvalue weighted by Crippen LogP contribution is -2.24. The number of ether oxygens (including phenoxy) is 2. The summed E-state index contributed by atoms with van der Waals surface area (Å²) in [5.74, 6) is -1.30. The van der Waals surface area contributed by atoms with Crippen LogP contribution in [0.2, 0.25) is 0 Å². The van der Waals surface area contributed by atoms with Crippen molar-refractivity contribution in [3.8, 4) is 5.75 Å². The molecular formula is C13H18FNO5. The lowest BCUT2D eigenvalue weighted by atomic mass is 10.0. The first-order valence-electron chi connectivity index (χ1n) is 6.05. The van der Waals surface area contributed by atoms with E-state index in [9.17, 15) is 19.4 Å². The molecule has 0 bridgehead atoms. The molecule has 0 aromatic heterocycles. The Balaban J connectivity index is 2.90. The van der Waals surface area contributed by atoms with E-state index in [4.69, 9.17) is 10.5 Å². The van der Waals surface area contributed by atoms with E-state index >= 15 is 0 Å². The van der Waals surface area contributed by atoms with Crippen molar-refractivity contribution < 1.29 is 28.9 Å². The van der Waals surface area contributed by atoms with Gasteiger partial charge in [0, 0.05) is 11.6 Å². The third-order valence-corrected chi connectivity index (χ3v) is 2.71. The minimum Gasteiger partial charge on any atom is -0.495 e. The number of carbonyl (C=O) groups is 1. The van der Waals surface area contributed by atoms with Crippen molar-refractivity contribution in [1.82, 2.24) is 0 Å². The molecule has 2 unspecified atom stereocenters. The van der Waals surface area contributed by atoms with Crippen molar-refractivity contribution in [1.29, 1.82) is 0 Å². The molecule has 1 aromatic carbocycles. The average molecular weight is 287 g/mol. The molecule has 7 heteroatoms. The Kier molecular flexibility index (Phi) is 5.72. The van der Waals surface area contributed by atoms with E-state index in [1.165, 1.54) is 13.2 Å². The van der Waals surface area contributed by atoms with E-state index in [0.29, 0.717) is 0 Å². The van der Waals surface area contributed by atoms with Crippen LogP contribution in [0.15, 0.2) is 12.1 Å². The fraction of sp³-hybridized carbons (Fsp3) is 0.462. The highest BCUT2D eigenvalue weighted by atomic mass is 19.1. The average Bonchev–Trinajstić information content (AvgIpc) is 2.38. The van der Waals surface area contributed by atoms with Gasteiger partial charge in [-0.15, -0.1) is 0 Å². The summed E-state index contributed by atoms with van der Waals surface area (Å²) < 4.78 is 23.3. The number of esters is 1. The summed E-state index contributed by atoms with van der Waals surface area (Å²) in [5, 5.41) is 19.6. The van der Waals surface area contributed by atoms with Crippen LogP contribution in [0.3, 0.4) is 0 Å². The van der Waals surface area contributed by atoms with E-state index in [0.717, 1.165) is 6.07 Å². The number of halogens is 1. The number of rotatable bonds is 6. The SMILES string of the molecule is CCOC(=O)CC(O)C(O)c1cc(OC)c(N)cc1F. The first-order valence-corrected chi connectivity index (χ1v) is 6.05. The number of aliphatic hydroxyl groups excluding tert-OH is 2. The highest BCUT2D eigenvalue weighted by Gasteiger charge is 2.25. The molecule has 4 N–H and O–H groups in total. The summed E-state index contributed by atoms with van der Waals surface area (Å²) in [7, 11) is 1.34. The molecule has 0 heterocycles. The summed E-state index contributed by atoms with van der Waals surface area (Å²) in [6, 6.07) is 2.16. The van der Waals surface area contributed by atoms with E-state index in [1.54, 1.807) is 6.92 Å². The summed E-state index contributed by atoms with van der Waals surface area (Å²) in [6.45, 7) is 1.77. The molecule has 112 valence electrons. The highest BCUT2D eigenvalue weighted by Crippen LogP contribution is 2.30. The number of aliphatic hydroxyl groups is 2. The third-order valence-electron chi connectivity index (χ3n) is 2.71. The molecule has 0 aliphatic rings. The largest absolute Gasteiger partial charge is 0.495 e. The fourth-order valence-electron chi connectivity index (χ4n) is 1.70. The van der Waals surface area contributed by atoms with E-state index in [-0.39, 0.29) is 23.6 Å². The summed E-state index contributed by atoms with van der Waals surface area (Å²) in [4.78, 5) is 11.2. The monoisotopic (exact) mass is 287 g/mol. The van der Waals surface area contributed by atoms with Gasteiger partial charge in [-0.3, -0.25) is 4.79 Å². The summed E-state index contributed by atoms with van der Waals surface area (Å²) >= 11 is 0. The van der Waals surface area contributed by atoms with Crippen LogP contribution in [-0.2, 0) is 9.53 Å². The topological polar surface area (TPSA) is 102 Å². The van der Waals surface area contributed by atoms with Crippen LogP contribution < -0.4 is 10.5 Å². The van der Waals surface area contributed by atoms with Crippen LogP contribution in [0.1, 0.15) is 25.0 Å². The Hall–Kier alpha value is -1.86. The molecule has 20 heavy (non-hydrogen) atoms. The number of benzene rings is 1. The first kappa shape index (κ1) is 16.2. The lowest BCUT2D eigenvalue weighted by molar-refractivity contribution is -0.147. The van der Waals surface area contributed by atoms with E-state index in [2.05, 4.69) is 4.74 Å². The first-order chi connectivity index (χ1) is 9.40. The maximum atomic E-state index is 13.7. The number of anilines is 1. The van der Waals surface area contributed by atoms with Crippen LogP contribution in [0.25, 0.3) is 0 Å². The van der Waals surface area contributed by atoms with Crippen molar-refractivity contribution >= 4 is 11.7 Å². The summed E-state index contributed by atoms with van der Waals surface area (Å²) in [6.07, 6.45) is -3.52. The zero-order valence-electron chi connectivity index (χ0n) is 11.3. The van der Waals surface area contributed by atoms with Crippen LogP contribution in [0.4, 0.5) is 10.1 Å². The maximum Gasteiger partial charge on any atom is 0.308 e. The van der Waals surface area contributed by atoms with Gasteiger partial charge >= 0.3 is 5.97 Å². The molecule has 0 radical (unpaired) electrons. The number of nitrogen functional groups attached to an aromatic ring is 1. The van der Waals surface area contributed by atoms with Crippen molar-refractivity contribution in [2.75, 3.05) is 19.5 Å². The van der Waals surface area contributed by atoms with Crippen LogP contribution in [0, 0.1) is 5.82 Å². The van der Waals surface area contributed by atoms with Crippen molar-refractivity contribution in [2.45, 2.75) is 25.6 Å². The number of methoxy groups -OCH3 is 1. The Labute approximate surface area is 115 Å². The van der Waals surface area contributed by atoms with Gasteiger partial charge in [-0.1, -0.05) is 0 Å². The van der Waals surface area contributed by atoms with Gasteiger partial charge in [0.15, 0.2) is 0 Å². The lowest BCUT2D eigenvalue weighted by Gasteiger charge is -2.19. The van der Waals surface area contributed by atoms with Crippen molar-refractivity contribution in [3.63, 3.8) is 0 Å². The van der Waals surface area contributed by atoms with Crippen LogP contribution in [-0.4, -0.2) is 36.0 Å². The number of nitrogens with two attached hydrogens (primary N) is 1. The normalized spacial score (nSPS) is 13.7. The number of carbonyl (C=O) groups excluding carboxylic acids is 1. The molecule has 0 aliphatic carbocycles. The standard InChI is InChI=1S/C13H18FNO5/c1-3-20-12(17)6-10(16)13(18)7-4-11(19-2)9(15)5-8(7)14/h4-5,10,13,16,18H,3,6,15H2,1-2H3. The number of hydrogen-bond acceptors (Lipinski definition) is 6. The third kappa shape index (κ3) is 3.82. The van der Waals surface area contributed by atoms with Gasteiger partial charge in [0.2, 0.25) is 0 Å². The smallest absolute Gasteiger partial charge is 0.308 e. The molecule has 0 saturated carbocycles. The Bertz CT molecular complexity index is 480. The fourth-order valence-corrected chi connectivity index (χ4v) is 1.70. The van der Waals surface area contributed by atoms with Gasteiger partial charge in [0.05, 0.1) is 31.9 Å². The van der Waals surface area contributed by atoms with Gasteiger partial charge in [0.25, 0.3) is 0 Å². The van der Waals surface area contributed by atoms with Crippen molar-refractivity contribution in [2.24, 2.45) is 0 Å². The minimum absolute atomic E-state index is 0.0702. The van der Waals surface area contributed by atoms with Gasteiger partial charge in [-0.2, -0.15) is 0 Å². The van der Waals surface area contributed by atoms with Crippen LogP contribution >= 0.6 is 0 Å². The van der Waals surface area contributed by atoms with Gasteiger partial charge in [-0.25, -0.2) is 4.39 Å². The quantitative estimate of drug-likeness (QED) is 0.527. The summed E-state index contributed by atoms with van der Waals surface area (Å²) in [5.41, 5.74) is 5.38. The predicted molar refractivity (Wildman–Crippen MR) is 69.6 cm³/mol. The number of hydrogen-bond donors (Lipinski definition) is 3. The van der Waals surface area contributed by atoms with E-state index < -0.39 is 30.4 Å². The van der Waals surface area contributed by atoms with Crippen LogP contribution in [0.5, 0.6) is 5.75 Å². The van der Waals surface area contributed by atoms with Gasteiger partial charge in [-0.05, 0) is 13.0 Å².